The second-order valence-corrected chi connectivity index (χ2v) is 6.75. The third-order valence-electron chi connectivity index (χ3n) is 4.59. The molecule has 132 valence electrons. The standard InChI is InChI=1S/C19H22ClN3O2/c20-16-7-4-14(5-8-16)17(23-10-2-1-3-11-23)13-22-19(25)15-6-9-18(24)21-12-15/h4-9,12,17H,1-3,10-11,13H2,(H,21,24)(H,22,25). The fourth-order valence-electron chi connectivity index (χ4n) is 3.22. The number of hydrogen-bond acceptors (Lipinski definition) is 3. The van der Waals surface area contributed by atoms with Crippen LogP contribution in [0.1, 0.15) is 41.2 Å². The van der Waals surface area contributed by atoms with Crippen molar-refractivity contribution in [2.24, 2.45) is 0 Å². The minimum Gasteiger partial charge on any atom is -0.350 e. The zero-order valence-electron chi connectivity index (χ0n) is 14.0. The van der Waals surface area contributed by atoms with Gasteiger partial charge in [-0.05, 0) is 49.7 Å². The van der Waals surface area contributed by atoms with Crippen molar-refractivity contribution in [3.05, 3.63) is 69.1 Å². The molecule has 0 aliphatic carbocycles. The van der Waals surface area contributed by atoms with E-state index in [4.69, 9.17) is 11.6 Å². The van der Waals surface area contributed by atoms with Crippen LogP contribution < -0.4 is 10.9 Å². The van der Waals surface area contributed by atoms with Crippen LogP contribution in [0.25, 0.3) is 0 Å². The fourth-order valence-corrected chi connectivity index (χ4v) is 3.34. The average molecular weight is 360 g/mol. The number of pyridine rings is 1. The molecule has 5 nitrogen and oxygen atoms in total. The molecule has 25 heavy (non-hydrogen) atoms. The van der Waals surface area contributed by atoms with E-state index in [0.717, 1.165) is 18.7 Å². The van der Waals surface area contributed by atoms with Crippen LogP contribution in [0.5, 0.6) is 0 Å². The highest BCUT2D eigenvalue weighted by molar-refractivity contribution is 6.30. The number of carbonyl (C=O) groups is 1. The molecule has 0 saturated carbocycles. The van der Waals surface area contributed by atoms with Gasteiger partial charge in [-0.1, -0.05) is 30.2 Å². The Hall–Kier alpha value is -2.11. The second kappa shape index (κ2) is 8.32. The highest BCUT2D eigenvalue weighted by Crippen LogP contribution is 2.25. The summed E-state index contributed by atoms with van der Waals surface area (Å²) in [6.07, 6.45) is 5.05. The molecule has 1 saturated heterocycles. The van der Waals surface area contributed by atoms with E-state index < -0.39 is 0 Å². The maximum atomic E-state index is 12.4. The van der Waals surface area contributed by atoms with E-state index in [9.17, 15) is 9.59 Å². The first-order valence-electron chi connectivity index (χ1n) is 8.60. The summed E-state index contributed by atoms with van der Waals surface area (Å²) < 4.78 is 0. The van der Waals surface area contributed by atoms with E-state index in [1.807, 2.05) is 24.3 Å². The highest BCUT2D eigenvalue weighted by atomic mass is 35.5. The first kappa shape index (κ1) is 17.7. The maximum Gasteiger partial charge on any atom is 0.252 e. The van der Waals surface area contributed by atoms with Crippen molar-refractivity contribution in [3.8, 4) is 0 Å². The molecule has 1 aliphatic rings. The van der Waals surface area contributed by atoms with E-state index in [0.29, 0.717) is 17.1 Å². The Morgan fingerprint density at radius 1 is 1.12 bits per heavy atom. The quantitative estimate of drug-likeness (QED) is 0.862. The summed E-state index contributed by atoms with van der Waals surface area (Å²) in [6.45, 7) is 2.57. The van der Waals surface area contributed by atoms with Gasteiger partial charge in [-0.3, -0.25) is 14.5 Å². The number of rotatable bonds is 5. The number of aromatic amines is 1. The van der Waals surface area contributed by atoms with Gasteiger partial charge in [0.1, 0.15) is 0 Å². The first-order chi connectivity index (χ1) is 12.1. The summed E-state index contributed by atoms with van der Waals surface area (Å²) in [5, 5.41) is 3.70. The number of aromatic nitrogens is 1. The zero-order valence-corrected chi connectivity index (χ0v) is 14.8. The molecule has 1 atom stereocenters. The number of carbonyl (C=O) groups excluding carboxylic acids is 1. The van der Waals surface area contributed by atoms with Crippen molar-refractivity contribution in [2.45, 2.75) is 25.3 Å². The molecule has 1 aromatic carbocycles. The second-order valence-electron chi connectivity index (χ2n) is 6.32. The predicted octanol–water partition coefficient (Wildman–Crippen LogP) is 2.99. The number of nitrogens with zero attached hydrogens (tertiary/aromatic N) is 1. The van der Waals surface area contributed by atoms with Crippen molar-refractivity contribution < 1.29 is 4.79 Å². The van der Waals surface area contributed by atoms with Crippen LogP contribution in [-0.4, -0.2) is 35.4 Å². The number of likely N-dealkylation sites (tertiary alicyclic amines) is 1. The van der Waals surface area contributed by atoms with E-state index in [1.165, 1.54) is 37.6 Å². The van der Waals surface area contributed by atoms with Crippen LogP contribution in [-0.2, 0) is 0 Å². The number of benzene rings is 1. The smallest absolute Gasteiger partial charge is 0.252 e. The number of nitrogens with one attached hydrogen (secondary N) is 2. The molecular formula is C19H22ClN3O2. The lowest BCUT2D eigenvalue weighted by atomic mass is 10.0. The van der Waals surface area contributed by atoms with Gasteiger partial charge in [-0.25, -0.2) is 0 Å². The molecule has 1 fully saturated rings. The van der Waals surface area contributed by atoms with Gasteiger partial charge in [-0.2, -0.15) is 0 Å². The number of amides is 1. The van der Waals surface area contributed by atoms with Gasteiger partial charge in [0, 0.05) is 23.8 Å². The molecule has 2 N–H and O–H groups in total. The number of halogens is 1. The van der Waals surface area contributed by atoms with Gasteiger partial charge in [0.2, 0.25) is 5.56 Å². The van der Waals surface area contributed by atoms with Crippen LogP contribution >= 0.6 is 11.6 Å². The van der Waals surface area contributed by atoms with Gasteiger partial charge >= 0.3 is 0 Å². The largest absolute Gasteiger partial charge is 0.350 e. The van der Waals surface area contributed by atoms with Crippen LogP contribution in [0.4, 0.5) is 0 Å². The Kier molecular flexibility index (Phi) is 5.89. The highest BCUT2D eigenvalue weighted by Gasteiger charge is 2.23. The van der Waals surface area contributed by atoms with Crippen LogP contribution in [0.3, 0.4) is 0 Å². The van der Waals surface area contributed by atoms with E-state index in [-0.39, 0.29) is 17.5 Å². The molecule has 1 aliphatic heterocycles. The number of piperidine rings is 1. The van der Waals surface area contributed by atoms with Gasteiger partial charge in [0.05, 0.1) is 11.6 Å². The molecule has 1 amide bonds. The normalized spacial score (nSPS) is 16.4. The van der Waals surface area contributed by atoms with Crippen LogP contribution in [0, 0.1) is 0 Å². The fraction of sp³-hybridized carbons (Fsp3) is 0.368. The maximum absolute atomic E-state index is 12.4. The Labute approximate surface area is 152 Å². The van der Waals surface area contributed by atoms with Gasteiger partial charge in [-0.15, -0.1) is 0 Å². The molecule has 0 radical (unpaired) electrons. The number of H-pyrrole nitrogens is 1. The molecule has 2 aromatic rings. The summed E-state index contributed by atoms with van der Waals surface area (Å²) in [7, 11) is 0. The van der Waals surface area contributed by atoms with Gasteiger partial charge < -0.3 is 10.3 Å². The first-order valence-corrected chi connectivity index (χ1v) is 8.98. The van der Waals surface area contributed by atoms with Crippen molar-refractivity contribution in [1.29, 1.82) is 0 Å². The zero-order chi connectivity index (χ0) is 17.6. The van der Waals surface area contributed by atoms with Crippen LogP contribution in [0.2, 0.25) is 5.02 Å². The molecule has 1 unspecified atom stereocenters. The van der Waals surface area contributed by atoms with Crippen LogP contribution in [0.15, 0.2) is 47.4 Å². The van der Waals surface area contributed by atoms with Crippen molar-refractivity contribution in [3.63, 3.8) is 0 Å². The number of hydrogen-bond donors (Lipinski definition) is 2. The summed E-state index contributed by atoms with van der Waals surface area (Å²) >= 11 is 6.01. The molecule has 3 rings (SSSR count). The molecule has 6 heteroatoms. The molecule has 1 aromatic heterocycles. The third kappa shape index (κ3) is 4.71. The molecular weight excluding hydrogens is 338 g/mol. The predicted molar refractivity (Wildman–Crippen MR) is 99.0 cm³/mol. The summed E-state index contributed by atoms with van der Waals surface area (Å²) in [5.41, 5.74) is 1.38. The summed E-state index contributed by atoms with van der Waals surface area (Å²) in [6, 6.07) is 10.8. The van der Waals surface area contributed by atoms with E-state index in [2.05, 4.69) is 15.2 Å². The van der Waals surface area contributed by atoms with E-state index in [1.54, 1.807) is 0 Å². The van der Waals surface area contributed by atoms with Crippen molar-refractivity contribution in [1.82, 2.24) is 15.2 Å². The Bertz CT molecular complexity index is 746. The Balaban J connectivity index is 1.72. The molecule has 2 heterocycles. The topological polar surface area (TPSA) is 65.2 Å². The lowest BCUT2D eigenvalue weighted by molar-refractivity contribution is 0.0924. The SMILES string of the molecule is O=C(NCC(c1ccc(Cl)cc1)N1CCCCC1)c1ccc(=O)[nH]c1. The third-order valence-corrected chi connectivity index (χ3v) is 4.84. The Morgan fingerprint density at radius 2 is 1.84 bits per heavy atom. The Morgan fingerprint density at radius 3 is 2.48 bits per heavy atom. The average Bonchev–Trinajstić information content (AvgIpc) is 2.64. The summed E-state index contributed by atoms with van der Waals surface area (Å²) in [4.78, 5) is 28.4. The summed E-state index contributed by atoms with van der Waals surface area (Å²) in [5.74, 6) is -0.188. The lowest BCUT2D eigenvalue weighted by Gasteiger charge is -2.35. The van der Waals surface area contributed by atoms with Gasteiger partial charge in [0.25, 0.3) is 5.91 Å². The molecule has 0 bridgehead atoms. The van der Waals surface area contributed by atoms with Crippen molar-refractivity contribution >= 4 is 17.5 Å². The monoisotopic (exact) mass is 359 g/mol. The minimum atomic E-state index is -0.219. The van der Waals surface area contributed by atoms with Crippen molar-refractivity contribution in [2.75, 3.05) is 19.6 Å². The lowest BCUT2D eigenvalue weighted by Crippen LogP contribution is -2.40. The van der Waals surface area contributed by atoms with Gasteiger partial charge in [0.15, 0.2) is 0 Å². The van der Waals surface area contributed by atoms with E-state index >= 15 is 0 Å². The molecule has 0 spiro atoms. The minimum absolute atomic E-state index is 0.115.